The zero-order chi connectivity index (χ0) is 21.0. The van der Waals surface area contributed by atoms with Crippen LogP contribution in [0.3, 0.4) is 0 Å². The summed E-state index contributed by atoms with van der Waals surface area (Å²) in [5.74, 6) is 0.00181. The van der Waals surface area contributed by atoms with Crippen LogP contribution in [0, 0.1) is 6.92 Å². The van der Waals surface area contributed by atoms with Crippen LogP contribution in [0.15, 0.2) is 52.7 Å². The number of ether oxygens (including phenoxy) is 2. The average Bonchev–Trinajstić information content (AvgIpc) is 3.15. The Labute approximate surface area is 173 Å². The second-order valence-corrected chi connectivity index (χ2v) is 9.05. The van der Waals surface area contributed by atoms with E-state index in [2.05, 4.69) is 10.3 Å². The zero-order valence-electron chi connectivity index (χ0n) is 16.1. The molecule has 0 bridgehead atoms. The molecule has 0 spiro atoms. The first-order valence-corrected chi connectivity index (χ1v) is 11.1. The first-order valence-electron chi connectivity index (χ1n) is 8.59. The molecule has 9 heteroatoms. The molecule has 29 heavy (non-hydrogen) atoms. The molecule has 3 aromatic rings. The molecule has 0 aliphatic rings. The van der Waals surface area contributed by atoms with Gasteiger partial charge in [-0.25, -0.2) is 13.4 Å². The molecular weight excluding hydrogens is 412 g/mol. The van der Waals surface area contributed by atoms with E-state index in [1.165, 1.54) is 42.7 Å². The number of nitrogens with zero attached hydrogens (tertiary/aromatic N) is 1. The van der Waals surface area contributed by atoms with E-state index in [0.717, 1.165) is 16.9 Å². The zero-order valence-corrected chi connectivity index (χ0v) is 17.8. The molecule has 0 aliphatic heterocycles. The van der Waals surface area contributed by atoms with Crippen LogP contribution in [0.25, 0.3) is 11.3 Å². The van der Waals surface area contributed by atoms with Crippen molar-refractivity contribution >= 4 is 32.2 Å². The van der Waals surface area contributed by atoms with Crippen LogP contribution in [-0.2, 0) is 14.6 Å². The highest BCUT2D eigenvalue weighted by Gasteiger charge is 2.20. The predicted octanol–water partition coefficient (Wildman–Crippen LogP) is 3.55. The third kappa shape index (κ3) is 4.93. The summed E-state index contributed by atoms with van der Waals surface area (Å²) in [7, 11) is -0.666. The number of sulfone groups is 1. The number of rotatable bonds is 7. The lowest BCUT2D eigenvalue weighted by Gasteiger charge is -2.06. The van der Waals surface area contributed by atoms with Crippen LogP contribution in [0.5, 0.6) is 11.5 Å². The first kappa shape index (κ1) is 20.8. The van der Waals surface area contributed by atoms with E-state index >= 15 is 0 Å². The first-order chi connectivity index (χ1) is 13.8. The van der Waals surface area contributed by atoms with Crippen LogP contribution in [0.4, 0.5) is 5.13 Å². The summed E-state index contributed by atoms with van der Waals surface area (Å²) in [6.45, 7) is 1.93. The van der Waals surface area contributed by atoms with Crippen LogP contribution in [0.1, 0.15) is 5.56 Å². The number of hydrogen-bond donors (Lipinski definition) is 1. The van der Waals surface area contributed by atoms with Gasteiger partial charge in [0, 0.05) is 10.9 Å². The smallest absolute Gasteiger partial charge is 0.241 e. The molecule has 1 aromatic heterocycles. The van der Waals surface area contributed by atoms with Gasteiger partial charge in [0.05, 0.1) is 24.8 Å². The molecular formula is C20H20N2O5S2. The number of anilines is 1. The van der Waals surface area contributed by atoms with Gasteiger partial charge in [-0.1, -0.05) is 0 Å². The second-order valence-electron chi connectivity index (χ2n) is 6.21. The number of nitrogens with one attached hydrogen (secondary N) is 1. The van der Waals surface area contributed by atoms with E-state index in [0.29, 0.717) is 16.6 Å². The number of amides is 1. The summed E-state index contributed by atoms with van der Waals surface area (Å²) in [6, 6.07) is 11.6. The number of thiazole rings is 1. The highest BCUT2D eigenvalue weighted by molar-refractivity contribution is 7.92. The third-order valence-corrected chi connectivity index (χ3v) is 6.57. The maximum absolute atomic E-state index is 12.4. The Morgan fingerprint density at radius 3 is 2.45 bits per heavy atom. The highest BCUT2D eigenvalue weighted by atomic mass is 32.2. The van der Waals surface area contributed by atoms with Gasteiger partial charge in [0.25, 0.3) is 0 Å². The van der Waals surface area contributed by atoms with Crippen molar-refractivity contribution in [2.75, 3.05) is 25.3 Å². The van der Waals surface area contributed by atoms with Gasteiger partial charge in [-0.15, -0.1) is 11.3 Å². The lowest BCUT2D eigenvalue weighted by atomic mass is 10.1. The molecule has 1 heterocycles. The molecule has 1 N–H and O–H groups in total. The third-order valence-electron chi connectivity index (χ3n) is 4.18. The fourth-order valence-electron chi connectivity index (χ4n) is 2.70. The van der Waals surface area contributed by atoms with Gasteiger partial charge < -0.3 is 14.8 Å². The fourth-order valence-corrected chi connectivity index (χ4v) is 4.57. The van der Waals surface area contributed by atoms with E-state index < -0.39 is 21.5 Å². The number of benzene rings is 2. The lowest BCUT2D eigenvalue weighted by molar-refractivity contribution is -0.113. The van der Waals surface area contributed by atoms with Crippen LogP contribution in [-0.4, -0.2) is 39.3 Å². The van der Waals surface area contributed by atoms with Gasteiger partial charge in [0.1, 0.15) is 17.3 Å². The molecule has 0 saturated carbocycles. The molecule has 0 unspecified atom stereocenters. The summed E-state index contributed by atoms with van der Waals surface area (Å²) < 4.78 is 35.1. The molecule has 0 saturated heterocycles. The molecule has 0 fully saturated rings. The van der Waals surface area contributed by atoms with E-state index in [4.69, 9.17) is 9.47 Å². The van der Waals surface area contributed by atoms with E-state index in [1.807, 2.05) is 25.1 Å². The monoisotopic (exact) mass is 432 g/mol. The summed E-state index contributed by atoms with van der Waals surface area (Å²) >= 11 is 1.23. The van der Waals surface area contributed by atoms with Crippen molar-refractivity contribution in [3.63, 3.8) is 0 Å². The summed E-state index contributed by atoms with van der Waals surface area (Å²) in [5.41, 5.74) is 2.54. The number of methoxy groups -OCH3 is 2. The number of carbonyl (C=O) groups is 1. The van der Waals surface area contributed by atoms with E-state index in [-0.39, 0.29) is 4.90 Å². The molecule has 0 radical (unpaired) electrons. The standard InChI is InChI=1S/C20H20N2O5S2/c1-13-10-14(4-9-18(13)27-3)17-11-28-20(21-17)22-19(23)12-29(24,25)16-7-5-15(26-2)6-8-16/h4-11H,12H2,1-3H3,(H,21,22,23). The predicted molar refractivity (Wildman–Crippen MR) is 113 cm³/mol. The number of carbonyl (C=O) groups excluding carboxylic acids is 1. The van der Waals surface area contributed by atoms with Crippen molar-refractivity contribution in [3.05, 3.63) is 53.4 Å². The summed E-state index contributed by atoms with van der Waals surface area (Å²) in [5, 5.41) is 4.69. The van der Waals surface area contributed by atoms with E-state index in [1.54, 1.807) is 12.5 Å². The van der Waals surface area contributed by atoms with Gasteiger partial charge in [-0.3, -0.25) is 4.79 Å². The number of aryl methyl sites for hydroxylation is 1. The fraction of sp³-hybridized carbons (Fsp3) is 0.200. The maximum atomic E-state index is 12.4. The Morgan fingerprint density at radius 1 is 1.10 bits per heavy atom. The quantitative estimate of drug-likeness (QED) is 0.614. The van der Waals surface area contributed by atoms with Crippen LogP contribution in [0.2, 0.25) is 0 Å². The number of hydrogen-bond acceptors (Lipinski definition) is 7. The van der Waals surface area contributed by atoms with E-state index in [9.17, 15) is 13.2 Å². The Kier molecular flexibility index (Phi) is 6.19. The lowest BCUT2D eigenvalue weighted by Crippen LogP contribution is -2.22. The van der Waals surface area contributed by atoms with Gasteiger partial charge in [-0.2, -0.15) is 0 Å². The average molecular weight is 433 g/mol. The Bertz CT molecular complexity index is 1120. The summed E-state index contributed by atoms with van der Waals surface area (Å²) in [4.78, 5) is 16.7. The normalized spacial score (nSPS) is 11.1. The van der Waals surface area contributed by atoms with Crippen molar-refractivity contribution in [1.29, 1.82) is 0 Å². The minimum atomic E-state index is -3.77. The molecule has 152 valence electrons. The minimum Gasteiger partial charge on any atom is -0.497 e. The van der Waals surface area contributed by atoms with Crippen LogP contribution >= 0.6 is 11.3 Å². The second kappa shape index (κ2) is 8.62. The Morgan fingerprint density at radius 2 is 1.83 bits per heavy atom. The maximum Gasteiger partial charge on any atom is 0.241 e. The topological polar surface area (TPSA) is 94.6 Å². The molecule has 0 aliphatic carbocycles. The number of aromatic nitrogens is 1. The van der Waals surface area contributed by atoms with Crippen LogP contribution < -0.4 is 14.8 Å². The Hall–Kier alpha value is -2.91. The van der Waals surface area contributed by atoms with Gasteiger partial charge in [-0.05, 0) is 55.0 Å². The SMILES string of the molecule is COc1ccc(S(=O)(=O)CC(=O)Nc2nc(-c3ccc(OC)c(C)c3)cs2)cc1. The Balaban J connectivity index is 1.69. The van der Waals surface area contributed by atoms with Crippen molar-refractivity contribution < 1.29 is 22.7 Å². The van der Waals surface area contributed by atoms with Gasteiger partial charge in [0.2, 0.25) is 5.91 Å². The summed E-state index contributed by atoms with van der Waals surface area (Å²) in [6.07, 6.45) is 0. The molecule has 3 rings (SSSR count). The molecule has 7 nitrogen and oxygen atoms in total. The highest BCUT2D eigenvalue weighted by Crippen LogP contribution is 2.29. The molecule has 2 aromatic carbocycles. The van der Waals surface area contributed by atoms with Crippen molar-refractivity contribution in [2.24, 2.45) is 0 Å². The largest absolute Gasteiger partial charge is 0.497 e. The molecule has 1 amide bonds. The van der Waals surface area contributed by atoms with Crippen molar-refractivity contribution in [1.82, 2.24) is 4.98 Å². The molecule has 0 atom stereocenters. The van der Waals surface area contributed by atoms with Gasteiger partial charge >= 0.3 is 0 Å². The van der Waals surface area contributed by atoms with Crippen molar-refractivity contribution in [3.8, 4) is 22.8 Å². The van der Waals surface area contributed by atoms with Crippen molar-refractivity contribution in [2.45, 2.75) is 11.8 Å². The minimum absolute atomic E-state index is 0.0574. The van der Waals surface area contributed by atoms with Gasteiger partial charge in [0.15, 0.2) is 15.0 Å².